The van der Waals surface area contributed by atoms with Gasteiger partial charge in [0, 0.05) is 0 Å². The highest BCUT2D eigenvalue weighted by Crippen LogP contribution is 2.31. The molecule has 9 heavy (non-hydrogen) atoms. The third-order valence-electron chi connectivity index (χ3n) is 1.74. The van der Waals surface area contributed by atoms with Crippen molar-refractivity contribution in [2.75, 3.05) is 0 Å². The van der Waals surface area contributed by atoms with Gasteiger partial charge in [-0.3, -0.25) is 0 Å². The van der Waals surface area contributed by atoms with Gasteiger partial charge in [-0.15, -0.1) is 8.58 Å². The van der Waals surface area contributed by atoms with Crippen LogP contribution in [0, 0.1) is 0 Å². The number of rotatable bonds is 0. The zero-order chi connectivity index (χ0) is 6.69. The third kappa shape index (κ3) is 2.49. The highest BCUT2D eigenvalue weighted by molar-refractivity contribution is 7.40. The minimum absolute atomic E-state index is 0.850. The van der Waals surface area contributed by atoms with Gasteiger partial charge in [0.15, 0.2) is 0 Å². The van der Waals surface area contributed by atoms with Crippen molar-refractivity contribution in [2.45, 2.75) is 38.0 Å². The summed E-state index contributed by atoms with van der Waals surface area (Å²) in [7, 11) is 1.16. The fourth-order valence-corrected chi connectivity index (χ4v) is 2.71. The molecular weight excluding hydrogens is 127 g/mol. The fraction of sp³-hybridized carbons (Fsp3) is 0.750. The molecule has 1 aliphatic rings. The SMILES string of the molecule is CC1C=CCCC(C)P1. The van der Waals surface area contributed by atoms with E-state index in [1.165, 1.54) is 12.8 Å². The van der Waals surface area contributed by atoms with Crippen LogP contribution in [0.5, 0.6) is 0 Å². The summed E-state index contributed by atoms with van der Waals surface area (Å²) in [4.78, 5) is 0. The molecular formula is C8H15P. The lowest BCUT2D eigenvalue weighted by molar-refractivity contribution is 0.832. The van der Waals surface area contributed by atoms with E-state index in [9.17, 15) is 0 Å². The first-order chi connectivity index (χ1) is 4.29. The van der Waals surface area contributed by atoms with E-state index in [-0.39, 0.29) is 0 Å². The van der Waals surface area contributed by atoms with Crippen molar-refractivity contribution in [3.05, 3.63) is 12.2 Å². The Morgan fingerprint density at radius 1 is 1.44 bits per heavy atom. The molecule has 1 rings (SSSR count). The molecule has 1 aliphatic heterocycles. The summed E-state index contributed by atoms with van der Waals surface area (Å²) in [5.74, 6) is 0. The molecule has 52 valence electrons. The molecule has 0 aromatic rings. The molecule has 0 amide bonds. The molecule has 3 unspecified atom stereocenters. The van der Waals surface area contributed by atoms with Crippen LogP contribution in [0.1, 0.15) is 26.7 Å². The van der Waals surface area contributed by atoms with Gasteiger partial charge in [-0.05, 0) is 24.2 Å². The largest absolute Gasteiger partial charge is 0.112 e. The molecule has 0 spiro atoms. The van der Waals surface area contributed by atoms with Gasteiger partial charge in [0.05, 0.1) is 0 Å². The van der Waals surface area contributed by atoms with Crippen molar-refractivity contribution in [3.8, 4) is 0 Å². The normalized spacial score (nSPS) is 38.9. The first-order valence-electron chi connectivity index (χ1n) is 3.72. The maximum atomic E-state index is 2.36. The molecule has 0 saturated carbocycles. The Morgan fingerprint density at radius 3 is 3.00 bits per heavy atom. The molecule has 0 bridgehead atoms. The van der Waals surface area contributed by atoms with E-state index in [0.29, 0.717) is 0 Å². The van der Waals surface area contributed by atoms with Gasteiger partial charge in [0.2, 0.25) is 0 Å². The summed E-state index contributed by atoms with van der Waals surface area (Å²) in [5, 5.41) is 0. The number of hydrogen-bond acceptors (Lipinski definition) is 0. The zero-order valence-electron chi connectivity index (χ0n) is 6.22. The second-order valence-electron chi connectivity index (χ2n) is 2.86. The van der Waals surface area contributed by atoms with Crippen LogP contribution in [0.25, 0.3) is 0 Å². The second kappa shape index (κ2) is 3.37. The third-order valence-corrected chi connectivity index (χ3v) is 3.31. The lowest BCUT2D eigenvalue weighted by Crippen LogP contribution is -1.95. The Hall–Kier alpha value is 0.170. The Kier molecular flexibility index (Phi) is 2.72. The van der Waals surface area contributed by atoms with Gasteiger partial charge in [-0.2, -0.15) is 0 Å². The van der Waals surface area contributed by atoms with Crippen molar-refractivity contribution >= 4 is 8.58 Å². The average Bonchev–Trinajstić information content (AvgIpc) is 1.93. The molecule has 3 atom stereocenters. The maximum Gasteiger partial charge on any atom is -0.00832 e. The van der Waals surface area contributed by atoms with Crippen LogP contribution in [0.2, 0.25) is 0 Å². The summed E-state index contributed by atoms with van der Waals surface area (Å²) in [6.45, 7) is 4.68. The quantitative estimate of drug-likeness (QED) is 0.360. The molecule has 1 heteroatoms. The van der Waals surface area contributed by atoms with Gasteiger partial charge in [-0.25, -0.2) is 0 Å². The molecule has 0 aliphatic carbocycles. The van der Waals surface area contributed by atoms with Crippen molar-refractivity contribution in [3.63, 3.8) is 0 Å². The van der Waals surface area contributed by atoms with Crippen LogP contribution in [-0.2, 0) is 0 Å². The topological polar surface area (TPSA) is 0 Å². The fourth-order valence-electron chi connectivity index (χ4n) is 1.23. The first-order valence-corrected chi connectivity index (χ1v) is 4.87. The Balaban J connectivity index is 2.40. The van der Waals surface area contributed by atoms with Crippen LogP contribution in [-0.4, -0.2) is 11.3 Å². The van der Waals surface area contributed by atoms with E-state index in [0.717, 1.165) is 19.9 Å². The van der Waals surface area contributed by atoms with E-state index in [4.69, 9.17) is 0 Å². The lowest BCUT2D eigenvalue weighted by atomic mass is 10.2. The summed E-state index contributed by atoms with van der Waals surface area (Å²) in [5.41, 5.74) is 1.82. The van der Waals surface area contributed by atoms with E-state index < -0.39 is 0 Å². The van der Waals surface area contributed by atoms with E-state index in [2.05, 4.69) is 26.0 Å². The van der Waals surface area contributed by atoms with Crippen LogP contribution in [0.3, 0.4) is 0 Å². The molecule has 0 aromatic heterocycles. The zero-order valence-corrected chi connectivity index (χ0v) is 7.22. The highest BCUT2D eigenvalue weighted by atomic mass is 31.1. The minimum Gasteiger partial charge on any atom is -0.112 e. The number of hydrogen-bond donors (Lipinski definition) is 0. The molecule has 0 N–H and O–H groups in total. The highest BCUT2D eigenvalue weighted by Gasteiger charge is 2.07. The smallest absolute Gasteiger partial charge is 0.00832 e. The maximum absolute atomic E-state index is 2.36. The summed E-state index contributed by atoms with van der Waals surface area (Å²) in [6.07, 6.45) is 7.40. The lowest BCUT2D eigenvalue weighted by Gasteiger charge is -2.09. The predicted octanol–water partition coefficient (Wildman–Crippen LogP) is 2.79. The molecule has 0 aromatic carbocycles. The van der Waals surface area contributed by atoms with Gasteiger partial charge >= 0.3 is 0 Å². The van der Waals surface area contributed by atoms with Crippen molar-refractivity contribution in [2.24, 2.45) is 0 Å². The molecule has 0 radical (unpaired) electrons. The van der Waals surface area contributed by atoms with Crippen LogP contribution >= 0.6 is 8.58 Å². The Bertz CT molecular complexity index is 107. The summed E-state index contributed by atoms with van der Waals surface area (Å²) >= 11 is 0. The summed E-state index contributed by atoms with van der Waals surface area (Å²) in [6, 6.07) is 0. The minimum atomic E-state index is 0.850. The summed E-state index contributed by atoms with van der Waals surface area (Å²) < 4.78 is 0. The van der Waals surface area contributed by atoms with Crippen LogP contribution in [0.4, 0.5) is 0 Å². The van der Waals surface area contributed by atoms with E-state index in [1.807, 2.05) is 0 Å². The van der Waals surface area contributed by atoms with Gasteiger partial charge < -0.3 is 0 Å². The van der Waals surface area contributed by atoms with Crippen LogP contribution in [0.15, 0.2) is 12.2 Å². The van der Waals surface area contributed by atoms with Crippen molar-refractivity contribution in [1.29, 1.82) is 0 Å². The molecule has 0 fully saturated rings. The van der Waals surface area contributed by atoms with Gasteiger partial charge in [0.25, 0.3) is 0 Å². The van der Waals surface area contributed by atoms with Gasteiger partial charge in [-0.1, -0.05) is 26.0 Å². The molecule has 0 nitrogen and oxygen atoms in total. The predicted molar refractivity (Wildman–Crippen MR) is 45.6 cm³/mol. The monoisotopic (exact) mass is 142 g/mol. The first kappa shape index (κ1) is 7.28. The van der Waals surface area contributed by atoms with E-state index in [1.54, 1.807) is 0 Å². The van der Waals surface area contributed by atoms with Gasteiger partial charge in [0.1, 0.15) is 0 Å². The molecule has 1 heterocycles. The second-order valence-corrected chi connectivity index (χ2v) is 5.09. The van der Waals surface area contributed by atoms with Crippen molar-refractivity contribution < 1.29 is 0 Å². The van der Waals surface area contributed by atoms with E-state index >= 15 is 0 Å². The Morgan fingerprint density at radius 2 is 2.22 bits per heavy atom. The molecule has 0 saturated heterocycles. The average molecular weight is 142 g/mol. The van der Waals surface area contributed by atoms with Crippen molar-refractivity contribution in [1.82, 2.24) is 0 Å². The Labute approximate surface area is 59.5 Å². The standard InChI is InChI=1S/C8H15P/c1-7-5-3-4-6-8(2)9-7/h3,5,7-9H,4,6H2,1-2H3. The van der Waals surface area contributed by atoms with Crippen LogP contribution < -0.4 is 0 Å². The number of allylic oxidation sites excluding steroid dienone is 2.